The van der Waals surface area contributed by atoms with E-state index in [-0.39, 0.29) is 24.0 Å². The van der Waals surface area contributed by atoms with Crippen molar-refractivity contribution in [2.75, 3.05) is 26.6 Å². The largest absolute Gasteiger partial charge is 0.493 e. The summed E-state index contributed by atoms with van der Waals surface area (Å²) in [4.78, 5) is 26.1. The number of methoxy groups -OCH3 is 1. The molecule has 210 valence electrons. The van der Waals surface area contributed by atoms with Gasteiger partial charge in [0.15, 0.2) is 11.5 Å². The average molecular weight is 535 g/mol. The highest BCUT2D eigenvalue weighted by atomic mass is 28.3. The lowest BCUT2D eigenvalue weighted by Gasteiger charge is -2.18. The van der Waals surface area contributed by atoms with Gasteiger partial charge in [-0.05, 0) is 48.4 Å². The van der Waals surface area contributed by atoms with Crippen molar-refractivity contribution >= 4 is 26.1 Å². The molecule has 0 saturated heterocycles. The Morgan fingerprint density at radius 1 is 0.919 bits per heavy atom. The van der Waals surface area contributed by atoms with Crippen LogP contribution in [0.15, 0.2) is 23.8 Å². The van der Waals surface area contributed by atoms with Crippen molar-refractivity contribution in [3.05, 3.63) is 29.3 Å². The minimum atomic E-state index is -1.42. The third kappa shape index (κ3) is 13.2. The van der Waals surface area contributed by atoms with Gasteiger partial charge in [0.05, 0.1) is 34.6 Å². The second-order valence-corrected chi connectivity index (χ2v) is 16.6. The first-order chi connectivity index (χ1) is 17.5. The van der Waals surface area contributed by atoms with Crippen LogP contribution in [0.3, 0.4) is 0 Å². The number of carbonyl (C=O) groups is 2. The van der Waals surface area contributed by atoms with Crippen molar-refractivity contribution in [2.45, 2.75) is 92.3 Å². The number of esters is 2. The lowest BCUT2D eigenvalue weighted by atomic mass is 10.0. The summed E-state index contributed by atoms with van der Waals surface area (Å²) in [6, 6.07) is 5.38. The van der Waals surface area contributed by atoms with Crippen LogP contribution in [0, 0.1) is 11.8 Å². The first-order valence-electron chi connectivity index (χ1n) is 13.9. The lowest BCUT2D eigenvalue weighted by molar-refractivity contribution is -0.148. The van der Waals surface area contributed by atoms with Gasteiger partial charge in [-0.15, -0.1) is 0 Å². The lowest BCUT2D eigenvalue weighted by Crippen LogP contribution is -2.30. The molecule has 0 aliphatic carbocycles. The van der Waals surface area contributed by atoms with E-state index >= 15 is 0 Å². The Labute approximate surface area is 226 Å². The van der Waals surface area contributed by atoms with Crippen molar-refractivity contribution < 1.29 is 28.5 Å². The van der Waals surface area contributed by atoms with Crippen LogP contribution in [-0.2, 0) is 19.1 Å². The van der Waals surface area contributed by atoms with Crippen LogP contribution in [0.25, 0.3) is 6.08 Å². The maximum Gasteiger partial charge on any atom is 0.345 e. The zero-order valence-electron chi connectivity index (χ0n) is 24.5. The molecular formula is C30H50O6Si. The SMILES string of the molecule is CCCCC(C)COC(=O)C(=Cc1ccc(OC[Si](C)(C)C)c(OC)c1)C(=O)OCC(CC)CCCC. The van der Waals surface area contributed by atoms with Gasteiger partial charge < -0.3 is 18.9 Å². The van der Waals surface area contributed by atoms with Crippen molar-refractivity contribution in [2.24, 2.45) is 11.8 Å². The second-order valence-electron chi connectivity index (χ2n) is 11.2. The quantitative estimate of drug-likeness (QED) is 0.0640. The van der Waals surface area contributed by atoms with Crippen LogP contribution in [0.1, 0.15) is 78.2 Å². The normalized spacial score (nSPS) is 13.6. The van der Waals surface area contributed by atoms with Gasteiger partial charge in [0.25, 0.3) is 0 Å². The Kier molecular flexibility index (Phi) is 15.3. The number of rotatable bonds is 18. The van der Waals surface area contributed by atoms with E-state index in [0.717, 1.165) is 44.9 Å². The van der Waals surface area contributed by atoms with Gasteiger partial charge in [-0.25, -0.2) is 9.59 Å². The van der Waals surface area contributed by atoms with Gasteiger partial charge in [-0.1, -0.05) is 85.5 Å². The van der Waals surface area contributed by atoms with Crippen LogP contribution < -0.4 is 9.47 Å². The molecule has 1 aromatic carbocycles. The molecule has 1 rings (SSSR count). The topological polar surface area (TPSA) is 71.1 Å². The number of hydrogen-bond donors (Lipinski definition) is 0. The molecule has 0 N–H and O–H groups in total. The molecule has 0 spiro atoms. The minimum Gasteiger partial charge on any atom is -0.493 e. The second kappa shape index (κ2) is 17.3. The van der Waals surface area contributed by atoms with E-state index in [1.807, 2.05) is 19.1 Å². The number of hydrogen-bond acceptors (Lipinski definition) is 6. The van der Waals surface area contributed by atoms with Gasteiger partial charge in [-0.2, -0.15) is 0 Å². The summed E-state index contributed by atoms with van der Waals surface area (Å²) in [5.74, 6) is 0.375. The summed E-state index contributed by atoms with van der Waals surface area (Å²) in [5.41, 5.74) is 0.531. The summed E-state index contributed by atoms with van der Waals surface area (Å²) in [5, 5.41) is 0. The third-order valence-corrected chi connectivity index (χ3v) is 7.15. The first kappa shape index (κ1) is 32.7. The Balaban J connectivity index is 3.14. The molecule has 0 fully saturated rings. The van der Waals surface area contributed by atoms with Crippen LogP contribution in [-0.4, -0.2) is 46.6 Å². The summed E-state index contributed by atoms with van der Waals surface area (Å²) < 4.78 is 22.7. The Hall–Kier alpha value is -2.28. The van der Waals surface area contributed by atoms with E-state index in [1.165, 1.54) is 6.08 Å². The van der Waals surface area contributed by atoms with E-state index < -0.39 is 20.0 Å². The van der Waals surface area contributed by atoms with Crippen molar-refractivity contribution in [1.29, 1.82) is 0 Å². The molecule has 0 heterocycles. The van der Waals surface area contributed by atoms with Gasteiger partial charge in [0, 0.05) is 0 Å². The summed E-state index contributed by atoms with van der Waals surface area (Å²) in [6.45, 7) is 15.7. The zero-order chi connectivity index (χ0) is 27.8. The fraction of sp³-hybridized carbons (Fsp3) is 0.667. The molecule has 0 amide bonds. The van der Waals surface area contributed by atoms with Crippen LogP contribution in [0.2, 0.25) is 19.6 Å². The number of carbonyl (C=O) groups excluding carboxylic acids is 2. The van der Waals surface area contributed by atoms with Crippen molar-refractivity contribution in [3.8, 4) is 11.5 Å². The average Bonchev–Trinajstić information content (AvgIpc) is 2.87. The van der Waals surface area contributed by atoms with Gasteiger partial charge in [0.1, 0.15) is 5.57 Å². The fourth-order valence-electron chi connectivity index (χ4n) is 3.66. The number of unbranched alkanes of at least 4 members (excludes halogenated alkanes) is 2. The Morgan fingerprint density at radius 3 is 2.11 bits per heavy atom. The zero-order valence-corrected chi connectivity index (χ0v) is 25.5. The minimum absolute atomic E-state index is 0.106. The fourth-order valence-corrected chi connectivity index (χ4v) is 4.24. The molecule has 37 heavy (non-hydrogen) atoms. The van der Waals surface area contributed by atoms with Crippen LogP contribution in [0.5, 0.6) is 11.5 Å². The molecule has 2 unspecified atom stereocenters. The highest BCUT2D eigenvalue weighted by molar-refractivity contribution is 6.76. The molecule has 0 radical (unpaired) electrons. The molecule has 6 nitrogen and oxygen atoms in total. The molecule has 0 aliphatic rings. The maximum atomic E-state index is 13.1. The first-order valence-corrected chi connectivity index (χ1v) is 17.6. The van der Waals surface area contributed by atoms with E-state index in [2.05, 4.69) is 40.4 Å². The van der Waals surface area contributed by atoms with E-state index in [1.54, 1.807) is 13.2 Å². The van der Waals surface area contributed by atoms with Gasteiger partial charge in [0.2, 0.25) is 0 Å². The van der Waals surface area contributed by atoms with Gasteiger partial charge >= 0.3 is 11.9 Å². The maximum absolute atomic E-state index is 13.1. The van der Waals surface area contributed by atoms with Crippen LogP contribution >= 0.6 is 0 Å². The molecular weight excluding hydrogens is 484 g/mol. The van der Waals surface area contributed by atoms with E-state index in [0.29, 0.717) is 29.9 Å². The smallest absolute Gasteiger partial charge is 0.345 e. The number of benzene rings is 1. The molecule has 2 atom stereocenters. The highest BCUT2D eigenvalue weighted by Crippen LogP contribution is 2.30. The summed E-state index contributed by atoms with van der Waals surface area (Å²) >= 11 is 0. The highest BCUT2D eigenvalue weighted by Gasteiger charge is 2.24. The standard InChI is InChI=1S/C30H50O6Si/c1-9-12-14-23(4)20-34-29(31)26(30(32)35-21-24(11-3)15-13-10-2)18-25-16-17-27(28(19-25)33-5)36-22-37(6,7)8/h16-19,23-24H,9-15,20-22H2,1-8H3. The Morgan fingerprint density at radius 2 is 1.54 bits per heavy atom. The predicted molar refractivity (Wildman–Crippen MR) is 154 cm³/mol. The van der Waals surface area contributed by atoms with Crippen molar-refractivity contribution in [1.82, 2.24) is 0 Å². The molecule has 0 aromatic heterocycles. The number of ether oxygens (including phenoxy) is 4. The third-order valence-electron chi connectivity index (χ3n) is 6.14. The summed E-state index contributed by atoms with van der Waals surface area (Å²) in [6.07, 6.45) is 9.42. The predicted octanol–water partition coefficient (Wildman–Crippen LogP) is 7.46. The van der Waals surface area contributed by atoms with Crippen LogP contribution in [0.4, 0.5) is 0 Å². The molecule has 7 heteroatoms. The van der Waals surface area contributed by atoms with Crippen molar-refractivity contribution in [3.63, 3.8) is 0 Å². The molecule has 1 aromatic rings. The molecule has 0 aliphatic heterocycles. The summed E-state index contributed by atoms with van der Waals surface area (Å²) in [7, 11) is 0.161. The monoisotopic (exact) mass is 534 g/mol. The van der Waals surface area contributed by atoms with Gasteiger partial charge in [-0.3, -0.25) is 0 Å². The molecule has 0 bridgehead atoms. The van der Waals surface area contributed by atoms with E-state index in [4.69, 9.17) is 18.9 Å². The molecule has 0 saturated carbocycles. The van der Waals surface area contributed by atoms with E-state index in [9.17, 15) is 9.59 Å². The Bertz CT molecular complexity index is 858.